The molecule has 1 aromatic heterocycles. The zero-order valence-corrected chi connectivity index (χ0v) is 15.6. The van der Waals surface area contributed by atoms with Crippen LogP contribution in [0.25, 0.3) is 22.0 Å². The Balaban J connectivity index is 1.72. The standard InChI is InChI=1S/C23H22N4O/c24-13-18-19(15-8-2-1-3-9-15)20-21(26-27-23(20)28-22(18)25)17-12-6-10-14-7-4-5-11-16(14)17/h4-7,10-12,15,19H,1-3,8-9,25H2,(H,26,27). The smallest absolute Gasteiger partial charge is 0.244 e. The predicted molar refractivity (Wildman–Crippen MR) is 108 cm³/mol. The normalized spacial score (nSPS) is 19.9. The molecule has 1 unspecified atom stereocenters. The lowest BCUT2D eigenvalue weighted by Gasteiger charge is -2.33. The molecule has 3 N–H and O–H groups in total. The van der Waals surface area contributed by atoms with Gasteiger partial charge < -0.3 is 10.5 Å². The monoisotopic (exact) mass is 370 g/mol. The minimum Gasteiger partial charge on any atom is -0.420 e. The zero-order valence-electron chi connectivity index (χ0n) is 15.6. The Morgan fingerprint density at radius 3 is 2.68 bits per heavy atom. The summed E-state index contributed by atoms with van der Waals surface area (Å²) >= 11 is 0. The molecule has 140 valence electrons. The van der Waals surface area contributed by atoms with Crippen molar-refractivity contribution >= 4 is 10.8 Å². The van der Waals surface area contributed by atoms with E-state index in [9.17, 15) is 5.26 Å². The van der Waals surface area contributed by atoms with Crippen molar-refractivity contribution in [1.29, 1.82) is 5.26 Å². The van der Waals surface area contributed by atoms with Gasteiger partial charge in [0.25, 0.3) is 0 Å². The lowest BCUT2D eigenvalue weighted by Crippen LogP contribution is -2.26. The summed E-state index contributed by atoms with van der Waals surface area (Å²) in [6.45, 7) is 0. The van der Waals surface area contributed by atoms with Crippen LogP contribution < -0.4 is 10.5 Å². The molecule has 2 heterocycles. The van der Waals surface area contributed by atoms with Crippen molar-refractivity contribution in [2.24, 2.45) is 11.7 Å². The van der Waals surface area contributed by atoms with E-state index in [2.05, 4.69) is 46.6 Å². The van der Waals surface area contributed by atoms with Crippen LogP contribution in [0.1, 0.15) is 43.6 Å². The lowest BCUT2D eigenvalue weighted by atomic mass is 9.72. The number of ether oxygens (including phenoxy) is 1. The summed E-state index contributed by atoms with van der Waals surface area (Å²) in [5.74, 6) is 1.02. The Morgan fingerprint density at radius 2 is 1.86 bits per heavy atom. The SMILES string of the molecule is N#CC1=C(N)Oc2n[nH]c(-c3cccc4ccccc34)c2C1C1CCCCC1. The van der Waals surface area contributed by atoms with Gasteiger partial charge in [-0.05, 0) is 29.5 Å². The molecule has 28 heavy (non-hydrogen) atoms. The number of nitrogens with one attached hydrogen (secondary N) is 1. The first-order valence-electron chi connectivity index (χ1n) is 9.92. The average molecular weight is 370 g/mol. The van der Waals surface area contributed by atoms with E-state index < -0.39 is 0 Å². The van der Waals surface area contributed by atoms with E-state index in [0.29, 0.717) is 17.4 Å². The van der Waals surface area contributed by atoms with E-state index in [1.807, 2.05) is 12.1 Å². The minimum atomic E-state index is -0.0678. The first-order chi connectivity index (χ1) is 13.8. The number of nitrogens with two attached hydrogens (primary N) is 1. The number of allylic oxidation sites excluding steroid dienone is 1. The van der Waals surface area contributed by atoms with Crippen LogP contribution in [-0.4, -0.2) is 10.2 Å². The van der Waals surface area contributed by atoms with Crippen molar-refractivity contribution in [2.45, 2.75) is 38.0 Å². The van der Waals surface area contributed by atoms with Gasteiger partial charge in [-0.3, -0.25) is 5.10 Å². The van der Waals surface area contributed by atoms with E-state index >= 15 is 0 Å². The van der Waals surface area contributed by atoms with Crippen LogP contribution in [-0.2, 0) is 0 Å². The molecule has 2 aromatic carbocycles. The van der Waals surface area contributed by atoms with Gasteiger partial charge in [0.1, 0.15) is 6.07 Å². The second kappa shape index (κ2) is 6.72. The topological polar surface area (TPSA) is 87.7 Å². The number of nitriles is 1. The average Bonchev–Trinajstić information content (AvgIpc) is 3.16. The Labute approximate surface area is 163 Å². The van der Waals surface area contributed by atoms with Gasteiger partial charge in [-0.1, -0.05) is 61.7 Å². The van der Waals surface area contributed by atoms with Crippen LogP contribution in [0.3, 0.4) is 0 Å². The molecule has 5 nitrogen and oxygen atoms in total. The lowest BCUT2D eigenvalue weighted by molar-refractivity contribution is 0.297. The number of benzene rings is 2. The third kappa shape index (κ3) is 2.56. The molecule has 1 aliphatic carbocycles. The number of fused-ring (bicyclic) bond motifs is 2. The second-order valence-corrected chi connectivity index (χ2v) is 7.71. The molecule has 1 saturated carbocycles. The highest BCUT2D eigenvalue weighted by Crippen LogP contribution is 2.50. The van der Waals surface area contributed by atoms with Crippen LogP contribution in [0.2, 0.25) is 0 Å². The summed E-state index contributed by atoms with van der Waals surface area (Å²) < 4.78 is 5.76. The third-order valence-corrected chi connectivity index (χ3v) is 6.16. The highest BCUT2D eigenvalue weighted by molar-refractivity contribution is 5.96. The van der Waals surface area contributed by atoms with Gasteiger partial charge in [-0.15, -0.1) is 5.10 Å². The van der Waals surface area contributed by atoms with Gasteiger partial charge in [-0.2, -0.15) is 5.26 Å². The molecule has 1 aliphatic heterocycles. The van der Waals surface area contributed by atoms with Crippen molar-refractivity contribution in [1.82, 2.24) is 10.2 Å². The Bertz CT molecular complexity index is 1110. The summed E-state index contributed by atoms with van der Waals surface area (Å²) in [6, 6.07) is 16.9. The van der Waals surface area contributed by atoms with Crippen LogP contribution in [0, 0.1) is 17.2 Å². The van der Waals surface area contributed by atoms with Crippen LogP contribution >= 0.6 is 0 Å². The van der Waals surface area contributed by atoms with Crippen molar-refractivity contribution in [3.8, 4) is 23.2 Å². The summed E-state index contributed by atoms with van der Waals surface area (Å²) in [6.07, 6.45) is 5.84. The van der Waals surface area contributed by atoms with Crippen LogP contribution in [0.15, 0.2) is 53.9 Å². The molecule has 0 saturated heterocycles. The number of H-pyrrole nitrogens is 1. The minimum absolute atomic E-state index is 0.0678. The number of nitrogens with zero attached hydrogens (tertiary/aromatic N) is 2. The maximum Gasteiger partial charge on any atom is 0.244 e. The third-order valence-electron chi connectivity index (χ3n) is 6.16. The first-order valence-corrected chi connectivity index (χ1v) is 9.92. The molecule has 0 spiro atoms. The van der Waals surface area contributed by atoms with Crippen molar-refractivity contribution in [3.63, 3.8) is 0 Å². The predicted octanol–water partition coefficient (Wildman–Crippen LogP) is 4.98. The number of hydrogen-bond acceptors (Lipinski definition) is 4. The quantitative estimate of drug-likeness (QED) is 0.666. The van der Waals surface area contributed by atoms with Gasteiger partial charge in [-0.25, -0.2) is 0 Å². The molecule has 1 fully saturated rings. The molecule has 0 radical (unpaired) electrons. The van der Waals surface area contributed by atoms with E-state index in [4.69, 9.17) is 10.5 Å². The maximum atomic E-state index is 9.86. The molecule has 0 bridgehead atoms. The molecule has 2 aliphatic rings. The van der Waals surface area contributed by atoms with Gasteiger partial charge in [0, 0.05) is 11.5 Å². The van der Waals surface area contributed by atoms with Crippen molar-refractivity contribution < 1.29 is 4.74 Å². The van der Waals surface area contributed by atoms with Gasteiger partial charge in [0.2, 0.25) is 11.8 Å². The number of rotatable bonds is 2. The van der Waals surface area contributed by atoms with Crippen molar-refractivity contribution in [2.75, 3.05) is 0 Å². The maximum absolute atomic E-state index is 9.86. The summed E-state index contributed by atoms with van der Waals surface area (Å²) in [5.41, 5.74) is 9.66. The largest absolute Gasteiger partial charge is 0.420 e. The fraction of sp³-hybridized carbons (Fsp3) is 0.304. The molecule has 5 heteroatoms. The molecular weight excluding hydrogens is 348 g/mol. The second-order valence-electron chi connectivity index (χ2n) is 7.71. The molecule has 0 amide bonds. The summed E-state index contributed by atoms with van der Waals surface area (Å²) in [5, 5.41) is 19.8. The number of aromatic amines is 1. The summed E-state index contributed by atoms with van der Waals surface area (Å²) in [4.78, 5) is 0. The number of hydrogen-bond donors (Lipinski definition) is 2. The highest BCUT2D eigenvalue weighted by atomic mass is 16.5. The Kier molecular flexibility index (Phi) is 4.05. The molecule has 1 atom stereocenters. The molecule has 3 aromatic rings. The Hall–Kier alpha value is -3.26. The van der Waals surface area contributed by atoms with E-state index in [-0.39, 0.29) is 11.8 Å². The van der Waals surface area contributed by atoms with Gasteiger partial charge in [0.05, 0.1) is 16.8 Å². The fourth-order valence-corrected chi connectivity index (χ4v) is 4.87. The van der Waals surface area contributed by atoms with E-state index in [1.165, 1.54) is 24.6 Å². The van der Waals surface area contributed by atoms with Crippen molar-refractivity contribution in [3.05, 3.63) is 59.5 Å². The first kappa shape index (κ1) is 16.9. The van der Waals surface area contributed by atoms with E-state index in [0.717, 1.165) is 35.0 Å². The van der Waals surface area contributed by atoms with Gasteiger partial charge in [0.15, 0.2) is 0 Å². The fourth-order valence-electron chi connectivity index (χ4n) is 4.87. The van der Waals surface area contributed by atoms with Crippen LogP contribution in [0.4, 0.5) is 0 Å². The molecule has 5 rings (SSSR count). The molecular formula is C23H22N4O. The summed E-state index contributed by atoms with van der Waals surface area (Å²) in [7, 11) is 0. The Morgan fingerprint density at radius 1 is 1.07 bits per heavy atom. The van der Waals surface area contributed by atoms with Crippen LogP contribution in [0.5, 0.6) is 5.88 Å². The highest BCUT2D eigenvalue weighted by Gasteiger charge is 2.39. The zero-order chi connectivity index (χ0) is 19.1. The van der Waals surface area contributed by atoms with E-state index in [1.54, 1.807) is 0 Å². The number of aromatic nitrogens is 2. The van der Waals surface area contributed by atoms with Gasteiger partial charge >= 0.3 is 0 Å².